The van der Waals surface area contributed by atoms with E-state index >= 15 is 0 Å². The van der Waals surface area contributed by atoms with E-state index < -0.39 is 11.9 Å². The van der Waals surface area contributed by atoms with Gasteiger partial charge in [-0.25, -0.2) is 9.59 Å². The minimum atomic E-state index is -0.609. The van der Waals surface area contributed by atoms with E-state index in [1.54, 1.807) is 31.2 Å². The highest BCUT2D eigenvalue weighted by Crippen LogP contribution is 2.29. The number of ether oxygens (including phenoxy) is 1. The van der Waals surface area contributed by atoms with Crippen molar-refractivity contribution in [3.63, 3.8) is 0 Å². The molecule has 1 N–H and O–H groups in total. The van der Waals surface area contributed by atoms with Crippen molar-refractivity contribution in [3.05, 3.63) is 82.4 Å². The first-order chi connectivity index (χ1) is 16.8. The number of aryl methyl sites for hydroxylation is 1. The number of fused-ring (bicyclic) bond motifs is 1. The SMILES string of the molecule is CCN(Cc1cc(C)cc(-n2nc3ccccc3n2)c1O)OC(=O)c1cccc(C(=O)OC)c1C. The second-order valence-corrected chi connectivity index (χ2v) is 8.07. The Kier molecular flexibility index (Phi) is 6.79. The highest BCUT2D eigenvalue weighted by Gasteiger charge is 2.21. The molecule has 0 aliphatic carbocycles. The normalized spacial score (nSPS) is 11.1. The lowest BCUT2D eigenvalue weighted by atomic mass is 10.0. The van der Waals surface area contributed by atoms with Gasteiger partial charge in [-0.15, -0.1) is 20.1 Å². The lowest BCUT2D eigenvalue weighted by Crippen LogP contribution is -2.27. The summed E-state index contributed by atoms with van der Waals surface area (Å²) in [6.45, 7) is 5.91. The second kappa shape index (κ2) is 9.94. The summed E-state index contributed by atoms with van der Waals surface area (Å²) < 4.78 is 4.78. The minimum absolute atomic E-state index is 0.00530. The fourth-order valence-corrected chi connectivity index (χ4v) is 3.83. The van der Waals surface area contributed by atoms with E-state index in [1.807, 2.05) is 44.2 Å². The predicted molar refractivity (Wildman–Crippen MR) is 129 cm³/mol. The summed E-state index contributed by atoms with van der Waals surface area (Å²) in [5.74, 6) is -1.14. The van der Waals surface area contributed by atoms with Gasteiger partial charge in [-0.2, -0.15) is 0 Å². The van der Waals surface area contributed by atoms with Crippen molar-refractivity contribution in [1.82, 2.24) is 20.1 Å². The highest BCUT2D eigenvalue weighted by molar-refractivity contribution is 5.97. The standard InChI is InChI=1S/C26H26N4O5/c1-5-29(35-26(33)20-10-8-9-19(17(20)3)25(32)34-4)15-18-13-16(2)14-23(24(18)31)30-27-21-11-6-7-12-22(21)28-30/h6-14,31H,5,15H2,1-4H3. The van der Waals surface area contributed by atoms with Crippen molar-refractivity contribution in [2.24, 2.45) is 0 Å². The van der Waals surface area contributed by atoms with Gasteiger partial charge in [-0.3, -0.25) is 0 Å². The van der Waals surface area contributed by atoms with Crippen molar-refractivity contribution in [2.45, 2.75) is 27.3 Å². The number of methoxy groups -OCH3 is 1. The third-order valence-electron chi connectivity index (χ3n) is 5.69. The molecule has 0 radical (unpaired) electrons. The summed E-state index contributed by atoms with van der Waals surface area (Å²) >= 11 is 0. The number of hydroxylamine groups is 2. The van der Waals surface area contributed by atoms with Gasteiger partial charge in [0.25, 0.3) is 0 Å². The number of phenolic OH excluding ortho intramolecular Hbond substituents is 1. The quantitative estimate of drug-likeness (QED) is 0.315. The van der Waals surface area contributed by atoms with Crippen molar-refractivity contribution in [2.75, 3.05) is 13.7 Å². The number of phenols is 1. The molecule has 0 amide bonds. The van der Waals surface area contributed by atoms with Crippen molar-refractivity contribution in [1.29, 1.82) is 0 Å². The summed E-state index contributed by atoms with van der Waals surface area (Å²) in [5.41, 5.74) is 4.32. The van der Waals surface area contributed by atoms with Gasteiger partial charge < -0.3 is 14.7 Å². The summed E-state index contributed by atoms with van der Waals surface area (Å²) in [4.78, 5) is 31.9. The number of nitrogens with zero attached hydrogens (tertiary/aromatic N) is 4. The molecule has 1 aromatic heterocycles. The summed E-state index contributed by atoms with van der Waals surface area (Å²) in [5, 5.41) is 21.4. The van der Waals surface area contributed by atoms with Gasteiger partial charge in [0.1, 0.15) is 22.5 Å². The first-order valence-electron chi connectivity index (χ1n) is 11.1. The third kappa shape index (κ3) is 4.85. The van der Waals surface area contributed by atoms with Crippen molar-refractivity contribution < 1.29 is 24.3 Å². The zero-order valence-corrected chi connectivity index (χ0v) is 20.0. The van der Waals surface area contributed by atoms with Crippen LogP contribution >= 0.6 is 0 Å². The Bertz CT molecular complexity index is 1380. The molecule has 4 rings (SSSR count). The van der Waals surface area contributed by atoms with Gasteiger partial charge in [-0.1, -0.05) is 24.3 Å². The molecule has 0 saturated carbocycles. The van der Waals surface area contributed by atoms with Gasteiger partial charge in [0, 0.05) is 12.1 Å². The number of aromatic nitrogens is 3. The average molecular weight is 475 g/mol. The lowest BCUT2D eigenvalue weighted by Gasteiger charge is -2.21. The first-order valence-corrected chi connectivity index (χ1v) is 11.1. The van der Waals surface area contributed by atoms with Crippen LogP contribution in [0, 0.1) is 13.8 Å². The zero-order chi connectivity index (χ0) is 25.1. The number of rotatable bonds is 7. The smallest absolute Gasteiger partial charge is 0.357 e. The molecule has 0 fully saturated rings. The Morgan fingerprint density at radius 1 is 0.971 bits per heavy atom. The molecule has 0 saturated heterocycles. The third-order valence-corrected chi connectivity index (χ3v) is 5.69. The molecule has 9 heteroatoms. The van der Waals surface area contributed by atoms with Gasteiger partial charge in [0.2, 0.25) is 0 Å². The van der Waals surface area contributed by atoms with Crippen LogP contribution in [0.25, 0.3) is 16.7 Å². The van der Waals surface area contributed by atoms with E-state index in [0.29, 0.717) is 40.0 Å². The average Bonchev–Trinajstić information content (AvgIpc) is 3.29. The first kappa shape index (κ1) is 23.9. The number of carbonyl (C=O) groups excluding carboxylic acids is 2. The van der Waals surface area contributed by atoms with Gasteiger partial charge in [0.05, 0.1) is 24.8 Å². The van der Waals surface area contributed by atoms with Gasteiger partial charge >= 0.3 is 11.9 Å². The van der Waals surface area contributed by atoms with Crippen LogP contribution in [0.2, 0.25) is 0 Å². The second-order valence-electron chi connectivity index (χ2n) is 8.07. The number of aromatic hydroxyl groups is 1. The summed E-state index contributed by atoms with van der Waals surface area (Å²) in [6, 6.07) is 15.8. The Labute approximate surface area is 202 Å². The minimum Gasteiger partial charge on any atom is -0.505 e. The molecule has 0 aliphatic heterocycles. The van der Waals surface area contributed by atoms with E-state index in [2.05, 4.69) is 10.2 Å². The number of carbonyl (C=O) groups is 2. The van der Waals surface area contributed by atoms with Crippen LogP contribution in [0.3, 0.4) is 0 Å². The Hall–Kier alpha value is -4.24. The monoisotopic (exact) mass is 474 g/mol. The molecule has 0 bridgehead atoms. The maximum absolute atomic E-state index is 12.9. The molecule has 0 aliphatic rings. The molecule has 0 unspecified atom stereocenters. The Morgan fingerprint density at radius 2 is 1.60 bits per heavy atom. The van der Waals surface area contributed by atoms with Crippen LogP contribution in [0.1, 0.15) is 44.3 Å². The maximum Gasteiger partial charge on any atom is 0.357 e. The molecule has 1 heterocycles. The molecule has 180 valence electrons. The number of esters is 1. The number of hydrogen-bond acceptors (Lipinski definition) is 8. The van der Waals surface area contributed by atoms with Gasteiger partial charge in [-0.05, 0) is 62.2 Å². The Morgan fingerprint density at radius 3 is 2.20 bits per heavy atom. The van der Waals surface area contributed by atoms with E-state index in [4.69, 9.17) is 9.57 Å². The molecular weight excluding hydrogens is 448 g/mol. The molecule has 9 nitrogen and oxygen atoms in total. The van der Waals surface area contributed by atoms with Crippen molar-refractivity contribution in [3.8, 4) is 11.4 Å². The Balaban J connectivity index is 1.60. The number of hydrogen-bond donors (Lipinski definition) is 1. The van der Waals surface area contributed by atoms with E-state index in [9.17, 15) is 14.7 Å². The van der Waals surface area contributed by atoms with E-state index in [0.717, 1.165) is 5.56 Å². The summed E-state index contributed by atoms with van der Waals surface area (Å²) in [7, 11) is 1.29. The summed E-state index contributed by atoms with van der Waals surface area (Å²) in [6.07, 6.45) is 0. The largest absolute Gasteiger partial charge is 0.505 e. The zero-order valence-electron chi connectivity index (χ0n) is 20.0. The van der Waals surface area contributed by atoms with Crippen LogP contribution in [-0.2, 0) is 16.1 Å². The molecular formula is C26H26N4O5. The molecule has 0 atom stereocenters. The van der Waals surface area contributed by atoms with Gasteiger partial charge in [0.15, 0.2) is 0 Å². The predicted octanol–water partition coefficient (Wildman–Crippen LogP) is 4.12. The van der Waals surface area contributed by atoms with E-state index in [-0.39, 0.29) is 17.9 Å². The topological polar surface area (TPSA) is 107 Å². The van der Waals surface area contributed by atoms with Crippen LogP contribution in [-0.4, -0.2) is 50.8 Å². The van der Waals surface area contributed by atoms with Crippen LogP contribution in [0.15, 0.2) is 54.6 Å². The fraction of sp³-hybridized carbons (Fsp3) is 0.231. The van der Waals surface area contributed by atoms with Crippen LogP contribution in [0.5, 0.6) is 5.75 Å². The van der Waals surface area contributed by atoms with Crippen molar-refractivity contribution >= 4 is 23.0 Å². The molecule has 35 heavy (non-hydrogen) atoms. The molecule has 0 spiro atoms. The maximum atomic E-state index is 12.9. The highest BCUT2D eigenvalue weighted by atomic mass is 16.7. The lowest BCUT2D eigenvalue weighted by molar-refractivity contribution is -0.113. The molecule has 4 aromatic rings. The molecule has 3 aromatic carbocycles. The number of benzene rings is 3. The van der Waals surface area contributed by atoms with Crippen LogP contribution < -0.4 is 0 Å². The van der Waals surface area contributed by atoms with E-state index in [1.165, 1.54) is 17.0 Å². The van der Waals surface area contributed by atoms with Crippen LogP contribution in [0.4, 0.5) is 0 Å². The fourth-order valence-electron chi connectivity index (χ4n) is 3.83.